The second-order valence-corrected chi connectivity index (χ2v) is 7.49. The predicted molar refractivity (Wildman–Crippen MR) is 87.7 cm³/mol. The smallest absolute Gasteiger partial charge is 0.191 e. The Balaban J connectivity index is 1.66. The average Bonchev–Trinajstić information content (AvgIpc) is 3.11. The monoisotopic (exact) mass is 307 g/mol. The first kappa shape index (κ1) is 14.9. The Morgan fingerprint density at radius 1 is 1.52 bits per heavy atom. The van der Waals surface area contributed by atoms with E-state index in [9.17, 15) is 0 Å². The Morgan fingerprint density at radius 3 is 3.10 bits per heavy atom. The van der Waals surface area contributed by atoms with Crippen molar-refractivity contribution in [2.24, 2.45) is 16.3 Å². The summed E-state index contributed by atoms with van der Waals surface area (Å²) in [6.07, 6.45) is 1.57. The lowest BCUT2D eigenvalue weighted by Crippen LogP contribution is -2.67. The molecule has 1 saturated carbocycles. The largest absolute Gasteiger partial charge is 0.377 e. The van der Waals surface area contributed by atoms with Gasteiger partial charge in [-0.1, -0.05) is 19.9 Å². The fourth-order valence-electron chi connectivity index (χ4n) is 3.64. The summed E-state index contributed by atoms with van der Waals surface area (Å²) in [5.41, 5.74) is 0.181. The van der Waals surface area contributed by atoms with E-state index in [1.807, 2.05) is 0 Å². The SMILES string of the molecule is CCNC(=NCc1cccs1)NC1C2CCOC2C1(C)C. The maximum absolute atomic E-state index is 5.86. The summed E-state index contributed by atoms with van der Waals surface area (Å²) in [6.45, 7) is 9.22. The molecule has 1 saturated heterocycles. The van der Waals surface area contributed by atoms with Crippen molar-refractivity contribution in [3.63, 3.8) is 0 Å². The number of rotatable bonds is 4. The van der Waals surface area contributed by atoms with Crippen molar-refractivity contribution in [3.05, 3.63) is 22.4 Å². The van der Waals surface area contributed by atoms with Crippen LogP contribution in [0.25, 0.3) is 0 Å². The fraction of sp³-hybridized carbons (Fsp3) is 0.688. The van der Waals surface area contributed by atoms with E-state index in [2.05, 4.69) is 48.9 Å². The molecule has 2 fully saturated rings. The maximum Gasteiger partial charge on any atom is 0.191 e. The molecule has 3 rings (SSSR count). The van der Waals surface area contributed by atoms with Crippen LogP contribution in [0.2, 0.25) is 0 Å². The second kappa shape index (κ2) is 5.97. The molecule has 0 spiro atoms. The van der Waals surface area contributed by atoms with Crippen LogP contribution in [0.15, 0.2) is 22.5 Å². The molecule has 21 heavy (non-hydrogen) atoms. The number of nitrogens with one attached hydrogen (secondary N) is 2. The Bertz CT molecular complexity index is 498. The highest BCUT2D eigenvalue weighted by molar-refractivity contribution is 7.09. The van der Waals surface area contributed by atoms with Gasteiger partial charge in [0.05, 0.1) is 12.6 Å². The highest BCUT2D eigenvalue weighted by Gasteiger charge is 2.59. The van der Waals surface area contributed by atoms with E-state index in [4.69, 9.17) is 9.73 Å². The van der Waals surface area contributed by atoms with E-state index >= 15 is 0 Å². The van der Waals surface area contributed by atoms with E-state index in [0.29, 0.717) is 18.1 Å². The zero-order valence-corrected chi connectivity index (χ0v) is 13.9. The van der Waals surface area contributed by atoms with Gasteiger partial charge >= 0.3 is 0 Å². The molecule has 0 bridgehead atoms. The van der Waals surface area contributed by atoms with Crippen molar-refractivity contribution in [3.8, 4) is 0 Å². The van der Waals surface area contributed by atoms with Crippen LogP contribution in [0, 0.1) is 11.3 Å². The normalized spacial score (nSPS) is 30.6. The lowest BCUT2D eigenvalue weighted by molar-refractivity contribution is -0.106. The molecule has 0 radical (unpaired) electrons. The number of ether oxygens (including phenoxy) is 1. The summed E-state index contributed by atoms with van der Waals surface area (Å²) in [5.74, 6) is 1.56. The van der Waals surface area contributed by atoms with Gasteiger partial charge in [0, 0.05) is 35.4 Å². The van der Waals surface area contributed by atoms with Gasteiger partial charge in [-0.3, -0.25) is 0 Å². The standard InChI is InChI=1S/C16H25N3OS/c1-4-17-15(18-10-11-6-5-9-21-11)19-13-12-7-8-20-14(12)16(13,2)3/h5-6,9,12-14H,4,7-8,10H2,1-3H3,(H2,17,18,19). The molecule has 1 aliphatic heterocycles. The molecule has 0 amide bonds. The van der Waals surface area contributed by atoms with Crippen LogP contribution >= 0.6 is 11.3 Å². The van der Waals surface area contributed by atoms with Crippen LogP contribution in [-0.4, -0.2) is 31.3 Å². The van der Waals surface area contributed by atoms with Crippen molar-refractivity contribution in [2.75, 3.05) is 13.2 Å². The molecule has 2 N–H and O–H groups in total. The van der Waals surface area contributed by atoms with E-state index < -0.39 is 0 Å². The zero-order chi connectivity index (χ0) is 14.9. The van der Waals surface area contributed by atoms with Crippen molar-refractivity contribution in [1.29, 1.82) is 0 Å². The Morgan fingerprint density at radius 2 is 2.38 bits per heavy atom. The van der Waals surface area contributed by atoms with Gasteiger partial charge in [0.2, 0.25) is 0 Å². The summed E-state index contributed by atoms with van der Waals surface area (Å²) in [4.78, 5) is 6.02. The molecule has 2 heterocycles. The van der Waals surface area contributed by atoms with Gasteiger partial charge in [-0.25, -0.2) is 4.99 Å². The number of thiophene rings is 1. The van der Waals surface area contributed by atoms with Gasteiger partial charge in [0.15, 0.2) is 5.96 Å². The first-order chi connectivity index (χ1) is 10.1. The molecular formula is C16H25N3OS. The van der Waals surface area contributed by atoms with Crippen LogP contribution in [0.3, 0.4) is 0 Å². The van der Waals surface area contributed by atoms with E-state index in [1.165, 1.54) is 4.88 Å². The van der Waals surface area contributed by atoms with Gasteiger partial charge in [-0.15, -0.1) is 11.3 Å². The zero-order valence-electron chi connectivity index (χ0n) is 13.1. The van der Waals surface area contributed by atoms with Crippen LogP contribution in [0.1, 0.15) is 32.1 Å². The summed E-state index contributed by atoms with van der Waals surface area (Å²) in [6, 6.07) is 4.66. The quantitative estimate of drug-likeness (QED) is 0.664. The Hall–Kier alpha value is -1.07. The lowest BCUT2D eigenvalue weighted by atomic mass is 9.57. The number of nitrogens with zero attached hydrogens (tertiary/aromatic N) is 1. The summed E-state index contributed by atoms with van der Waals surface area (Å²) in [7, 11) is 0. The molecule has 0 aromatic carbocycles. The molecule has 2 aliphatic rings. The van der Waals surface area contributed by atoms with E-state index in [0.717, 1.165) is 32.1 Å². The number of fused-ring (bicyclic) bond motifs is 1. The molecule has 1 aromatic rings. The van der Waals surface area contributed by atoms with Gasteiger partial charge in [0.25, 0.3) is 0 Å². The minimum absolute atomic E-state index is 0.181. The van der Waals surface area contributed by atoms with Crippen molar-refractivity contribution >= 4 is 17.3 Å². The van der Waals surface area contributed by atoms with Gasteiger partial charge in [-0.05, 0) is 24.8 Å². The minimum Gasteiger partial charge on any atom is -0.377 e. The molecule has 4 nitrogen and oxygen atoms in total. The Kier molecular flexibility index (Phi) is 4.22. The first-order valence-electron chi connectivity index (χ1n) is 7.81. The van der Waals surface area contributed by atoms with Crippen LogP contribution in [0.4, 0.5) is 0 Å². The highest BCUT2D eigenvalue weighted by Crippen LogP contribution is 2.52. The van der Waals surface area contributed by atoms with Gasteiger partial charge in [-0.2, -0.15) is 0 Å². The molecule has 3 atom stereocenters. The third kappa shape index (κ3) is 2.81. The molecule has 1 aromatic heterocycles. The van der Waals surface area contributed by atoms with Crippen LogP contribution in [0.5, 0.6) is 0 Å². The summed E-state index contributed by atoms with van der Waals surface area (Å²) >= 11 is 1.75. The number of guanidine groups is 1. The van der Waals surface area contributed by atoms with Crippen LogP contribution < -0.4 is 10.6 Å². The first-order valence-corrected chi connectivity index (χ1v) is 8.69. The minimum atomic E-state index is 0.181. The van der Waals surface area contributed by atoms with Gasteiger partial charge in [0.1, 0.15) is 0 Å². The van der Waals surface area contributed by atoms with Crippen molar-refractivity contribution < 1.29 is 4.74 Å². The number of aliphatic imine (C=N–C) groups is 1. The summed E-state index contributed by atoms with van der Waals surface area (Å²) < 4.78 is 5.86. The van der Waals surface area contributed by atoms with Crippen molar-refractivity contribution in [1.82, 2.24) is 10.6 Å². The summed E-state index contributed by atoms with van der Waals surface area (Å²) in [5, 5.41) is 9.10. The predicted octanol–water partition coefficient (Wildman–Crippen LogP) is 2.62. The maximum atomic E-state index is 5.86. The number of hydrogen-bond donors (Lipinski definition) is 2. The second-order valence-electron chi connectivity index (χ2n) is 6.46. The van der Waals surface area contributed by atoms with E-state index in [-0.39, 0.29) is 5.41 Å². The topological polar surface area (TPSA) is 45.7 Å². The third-order valence-corrected chi connectivity index (χ3v) is 5.57. The molecule has 3 unspecified atom stereocenters. The molecule has 5 heteroatoms. The number of hydrogen-bond acceptors (Lipinski definition) is 3. The van der Waals surface area contributed by atoms with Crippen LogP contribution in [-0.2, 0) is 11.3 Å². The average molecular weight is 307 g/mol. The lowest BCUT2D eigenvalue weighted by Gasteiger charge is -2.54. The van der Waals surface area contributed by atoms with Crippen molar-refractivity contribution in [2.45, 2.75) is 45.9 Å². The third-order valence-electron chi connectivity index (χ3n) is 4.71. The fourth-order valence-corrected chi connectivity index (χ4v) is 4.27. The molecule has 1 aliphatic carbocycles. The van der Waals surface area contributed by atoms with Gasteiger partial charge < -0.3 is 15.4 Å². The Labute approximate surface area is 131 Å². The van der Waals surface area contributed by atoms with E-state index in [1.54, 1.807) is 11.3 Å². The molecular weight excluding hydrogens is 282 g/mol. The molecule has 116 valence electrons. The highest BCUT2D eigenvalue weighted by atomic mass is 32.1.